The highest BCUT2D eigenvalue weighted by molar-refractivity contribution is 5.95. The molecule has 1 aliphatic heterocycles. The summed E-state index contributed by atoms with van der Waals surface area (Å²) in [5, 5.41) is 5.37. The minimum Gasteiger partial charge on any atom is -0.465 e. The van der Waals surface area contributed by atoms with Crippen LogP contribution in [0.3, 0.4) is 0 Å². The molecule has 0 saturated carbocycles. The number of halogens is 1. The molecular formula is C42H52FN3O7. The number of urea groups is 1. The number of fused-ring (bicyclic) bond motifs is 3. The Balaban J connectivity index is 1.56. The molecule has 11 heteroatoms. The Morgan fingerprint density at radius 1 is 1.04 bits per heavy atom. The number of esters is 2. The SMILES string of the molecule is CCOC(=O)CNC(=O)Nc1ccc2c(c1)CCCc1nc(C(C)C)c(/C=C/[C@@H]3C[C@H](CC(=O)OC(C)(C)C)OC(C)(C)O3)c(-c3ccc(F)cc3)c1-2. The molecule has 2 aliphatic rings. The molecular weight excluding hydrogens is 677 g/mol. The van der Waals surface area contributed by atoms with E-state index in [4.69, 9.17) is 23.9 Å². The number of carbonyl (C=O) groups is 3. The molecule has 1 saturated heterocycles. The maximum Gasteiger partial charge on any atom is 0.325 e. The minimum atomic E-state index is -0.937. The van der Waals surface area contributed by atoms with Crippen molar-refractivity contribution >= 4 is 29.7 Å². The molecule has 5 rings (SSSR count). The van der Waals surface area contributed by atoms with E-state index in [9.17, 15) is 18.8 Å². The van der Waals surface area contributed by atoms with E-state index in [0.29, 0.717) is 12.1 Å². The van der Waals surface area contributed by atoms with Crippen LogP contribution in [0.15, 0.2) is 48.5 Å². The van der Waals surface area contributed by atoms with E-state index in [1.54, 1.807) is 19.1 Å². The summed E-state index contributed by atoms with van der Waals surface area (Å²) in [6.45, 7) is 15.1. The predicted octanol–water partition coefficient (Wildman–Crippen LogP) is 8.51. The number of aromatic nitrogens is 1. The second kappa shape index (κ2) is 16.6. The average molecular weight is 730 g/mol. The van der Waals surface area contributed by atoms with Crippen molar-refractivity contribution in [2.75, 3.05) is 18.5 Å². The second-order valence-electron chi connectivity index (χ2n) is 15.3. The fourth-order valence-corrected chi connectivity index (χ4v) is 6.94. The first-order chi connectivity index (χ1) is 25.0. The van der Waals surface area contributed by atoms with Crippen LogP contribution in [0, 0.1) is 5.82 Å². The van der Waals surface area contributed by atoms with Crippen LogP contribution in [-0.2, 0) is 41.4 Å². The number of nitrogens with one attached hydrogen (secondary N) is 2. The quantitative estimate of drug-likeness (QED) is 0.199. The molecule has 0 bridgehead atoms. The normalized spacial score (nSPS) is 18.2. The van der Waals surface area contributed by atoms with Crippen LogP contribution in [-0.4, -0.2) is 59.7 Å². The number of ether oxygens (including phenoxy) is 4. The number of carbonyl (C=O) groups excluding carboxylic acids is 3. The van der Waals surface area contributed by atoms with E-state index in [0.717, 1.165) is 64.0 Å². The molecule has 0 radical (unpaired) electrons. The van der Waals surface area contributed by atoms with Crippen molar-refractivity contribution in [2.45, 2.75) is 117 Å². The molecule has 1 aromatic heterocycles. The monoisotopic (exact) mass is 729 g/mol. The summed E-state index contributed by atoms with van der Waals surface area (Å²) in [4.78, 5) is 42.4. The first-order valence-electron chi connectivity index (χ1n) is 18.4. The number of pyridine rings is 1. The molecule has 2 N–H and O–H groups in total. The lowest BCUT2D eigenvalue weighted by Crippen LogP contribution is -2.45. The van der Waals surface area contributed by atoms with Crippen molar-refractivity contribution < 1.29 is 37.7 Å². The van der Waals surface area contributed by atoms with Crippen molar-refractivity contribution in [3.05, 3.63) is 76.9 Å². The topological polar surface area (TPSA) is 125 Å². The van der Waals surface area contributed by atoms with Gasteiger partial charge in [0, 0.05) is 34.5 Å². The lowest BCUT2D eigenvalue weighted by Gasteiger charge is -2.40. The molecule has 2 heterocycles. The zero-order valence-electron chi connectivity index (χ0n) is 32.1. The Labute approximate surface area is 311 Å². The van der Waals surface area contributed by atoms with E-state index < -0.39 is 29.5 Å². The molecule has 0 unspecified atom stereocenters. The van der Waals surface area contributed by atoms with Crippen LogP contribution in [0.5, 0.6) is 0 Å². The van der Waals surface area contributed by atoms with Crippen LogP contribution in [0.2, 0.25) is 0 Å². The first kappa shape index (κ1) is 39.6. The molecule has 1 fully saturated rings. The predicted molar refractivity (Wildman–Crippen MR) is 203 cm³/mol. The molecule has 10 nitrogen and oxygen atoms in total. The van der Waals surface area contributed by atoms with Crippen molar-refractivity contribution in [1.82, 2.24) is 10.3 Å². The highest BCUT2D eigenvalue weighted by Gasteiger charge is 2.36. The van der Waals surface area contributed by atoms with Gasteiger partial charge in [0.15, 0.2) is 5.79 Å². The summed E-state index contributed by atoms with van der Waals surface area (Å²) in [5.41, 5.74) is 7.50. The molecule has 1 aliphatic carbocycles. The Hall–Kier alpha value is -4.61. The van der Waals surface area contributed by atoms with Crippen LogP contribution in [0.25, 0.3) is 28.3 Å². The molecule has 3 aromatic rings. The van der Waals surface area contributed by atoms with Gasteiger partial charge in [-0.1, -0.05) is 44.2 Å². The Bertz CT molecular complexity index is 1850. The zero-order chi connectivity index (χ0) is 38.5. The van der Waals surface area contributed by atoms with Crippen LogP contribution >= 0.6 is 0 Å². The third-order valence-corrected chi connectivity index (χ3v) is 8.88. The number of aryl methyl sites for hydroxylation is 2. The maximum atomic E-state index is 14.4. The second-order valence-corrected chi connectivity index (χ2v) is 15.3. The molecule has 284 valence electrons. The summed E-state index contributed by atoms with van der Waals surface area (Å²) < 4.78 is 37.3. The summed E-state index contributed by atoms with van der Waals surface area (Å²) >= 11 is 0. The standard InChI is InChI=1S/C42H52FN3O7/c1-9-50-36(48)24-44-40(49)45-29-17-19-32-27(21-29)11-10-12-34-38(32)37(26-13-15-28(43)16-14-26)33(39(46-34)25(2)3)20-18-30-22-31(52-42(7,8)51-30)23-35(47)53-41(4,5)6/h13-21,25,30-31H,9-12,22-24H2,1-8H3,(H2,44,45,49)/b20-18+/t30-,31-/m1/s1. The zero-order valence-corrected chi connectivity index (χ0v) is 32.1. The van der Waals surface area contributed by atoms with Gasteiger partial charge in [0.2, 0.25) is 0 Å². The Morgan fingerprint density at radius 2 is 1.77 bits per heavy atom. The number of hydrogen-bond donors (Lipinski definition) is 2. The van der Waals surface area contributed by atoms with Gasteiger partial charge in [0.05, 0.1) is 30.9 Å². The molecule has 2 atom stereocenters. The fraction of sp³-hybridized carbons (Fsp3) is 0.476. The van der Waals surface area contributed by atoms with Gasteiger partial charge in [-0.15, -0.1) is 0 Å². The summed E-state index contributed by atoms with van der Waals surface area (Å²) in [5.74, 6) is -2.05. The number of nitrogens with zero attached hydrogens (tertiary/aromatic N) is 1. The highest BCUT2D eigenvalue weighted by atomic mass is 19.1. The van der Waals surface area contributed by atoms with Gasteiger partial charge in [0.25, 0.3) is 0 Å². The molecule has 53 heavy (non-hydrogen) atoms. The summed E-state index contributed by atoms with van der Waals surface area (Å²) in [6, 6.07) is 11.8. The van der Waals surface area contributed by atoms with E-state index in [1.165, 1.54) is 12.1 Å². The Morgan fingerprint density at radius 3 is 2.45 bits per heavy atom. The van der Waals surface area contributed by atoms with Crippen molar-refractivity contribution in [2.24, 2.45) is 0 Å². The lowest BCUT2D eigenvalue weighted by molar-refractivity contribution is -0.290. The van der Waals surface area contributed by atoms with Gasteiger partial charge >= 0.3 is 18.0 Å². The van der Waals surface area contributed by atoms with Gasteiger partial charge in [-0.2, -0.15) is 0 Å². The van der Waals surface area contributed by atoms with E-state index in [1.807, 2.05) is 65.0 Å². The molecule has 2 amide bonds. The summed E-state index contributed by atoms with van der Waals surface area (Å²) in [6.07, 6.45) is 6.15. The highest BCUT2D eigenvalue weighted by Crippen LogP contribution is 2.44. The fourth-order valence-electron chi connectivity index (χ4n) is 6.94. The third kappa shape index (κ3) is 10.5. The molecule has 2 aromatic carbocycles. The Kier molecular flexibility index (Phi) is 12.4. The van der Waals surface area contributed by atoms with Gasteiger partial charge in [0.1, 0.15) is 18.0 Å². The van der Waals surface area contributed by atoms with Crippen molar-refractivity contribution in [3.8, 4) is 22.3 Å². The number of anilines is 1. The van der Waals surface area contributed by atoms with Gasteiger partial charge < -0.3 is 29.6 Å². The minimum absolute atomic E-state index is 0.0635. The van der Waals surface area contributed by atoms with Gasteiger partial charge in [-0.05, 0) is 108 Å². The number of rotatable bonds is 10. The average Bonchev–Trinajstić information content (AvgIpc) is 3.23. The smallest absolute Gasteiger partial charge is 0.325 e. The number of benzene rings is 2. The van der Waals surface area contributed by atoms with Crippen LogP contribution in [0.4, 0.5) is 14.9 Å². The van der Waals surface area contributed by atoms with E-state index in [-0.39, 0.29) is 43.4 Å². The molecule has 0 spiro atoms. The van der Waals surface area contributed by atoms with Crippen molar-refractivity contribution in [1.29, 1.82) is 0 Å². The van der Waals surface area contributed by atoms with Crippen LogP contribution in [0.1, 0.15) is 103 Å². The maximum absolute atomic E-state index is 14.4. The van der Waals surface area contributed by atoms with Gasteiger partial charge in [-0.3, -0.25) is 14.6 Å². The lowest BCUT2D eigenvalue weighted by atomic mass is 9.85. The third-order valence-electron chi connectivity index (χ3n) is 8.88. The number of hydrogen-bond acceptors (Lipinski definition) is 8. The van der Waals surface area contributed by atoms with Crippen LogP contribution < -0.4 is 10.6 Å². The van der Waals surface area contributed by atoms with Gasteiger partial charge in [-0.25, -0.2) is 9.18 Å². The van der Waals surface area contributed by atoms with Crippen molar-refractivity contribution in [3.63, 3.8) is 0 Å². The largest absolute Gasteiger partial charge is 0.465 e. The van der Waals surface area contributed by atoms with E-state index in [2.05, 4.69) is 24.5 Å². The first-order valence-corrected chi connectivity index (χ1v) is 18.4. The summed E-state index contributed by atoms with van der Waals surface area (Å²) in [7, 11) is 0. The number of amides is 2. The van der Waals surface area contributed by atoms with E-state index >= 15 is 0 Å².